The van der Waals surface area contributed by atoms with Gasteiger partial charge in [-0.3, -0.25) is 0 Å². The Morgan fingerprint density at radius 2 is 1.58 bits per heavy atom. The first-order valence-corrected chi connectivity index (χ1v) is 9.06. The summed E-state index contributed by atoms with van der Waals surface area (Å²) in [5.74, 6) is -0.236. The molecule has 4 nitrogen and oxygen atoms in total. The molecule has 136 valence electrons. The lowest BCUT2D eigenvalue weighted by Crippen LogP contribution is -2.12. The van der Waals surface area contributed by atoms with Gasteiger partial charge in [0.2, 0.25) is 0 Å². The number of rotatable bonds is 11. The van der Waals surface area contributed by atoms with E-state index in [1.807, 2.05) is 0 Å². The summed E-state index contributed by atoms with van der Waals surface area (Å²) in [6.45, 7) is 1.52. The lowest BCUT2D eigenvalue weighted by atomic mass is 10.1. The Morgan fingerprint density at radius 3 is 2.21 bits per heavy atom. The molecule has 24 heavy (non-hydrogen) atoms. The van der Waals surface area contributed by atoms with Crippen LogP contribution in [0.2, 0.25) is 10.0 Å². The van der Waals surface area contributed by atoms with Gasteiger partial charge in [0.15, 0.2) is 5.75 Å². The molecule has 1 aromatic carbocycles. The van der Waals surface area contributed by atoms with Crippen molar-refractivity contribution < 1.29 is 14.3 Å². The Hall–Kier alpha value is -0.970. The molecule has 0 amide bonds. The van der Waals surface area contributed by atoms with Crippen molar-refractivity contribution in [2.45, 2.75) is 38.5 Å². The first-order valence-electron chi connectivity index (χ1n) is 8.31. The number of hydrogen-bond acceptors (Lipinski definition) is 4. The van der Waals surface area contributed by atoms with E-state index in [0.717, 1.165) is 25.8 Å². The molecule has 0 aliphatic carbocycles. The van der Waals surface area contributed by atoms with Gasteiger partial charge in [-0.25, -0.2) is 4.79 Å². The molecule has 0 fully saturated rings. The quantitative estimate of drug-likeness (QED) is 0.400. The fourth-order valence-corrected chi connectivity index (χ4v) is 2.86. The molecule has 0 radical (unpaired) electrons. The molecule has 0 aromatic heterocycles. The van der Waals surface area contributed by atoms with E-state index in [1.54, 1.807) is 12.1 Å². The maximum atomic E-state index is 12.2. The van der Waals surface area contributed by atoms with E-state index in [0.29, 0.717) is 11.6 Å². The lowest BCUT2D eigenvalue weighted by Gasteiger charge is -2.12. The van der Waals surface area contributed by atoms with Crippen LogP contribution in [0.4, 0.5) is 0 Å². The first-order chi connectivity index (χ1) is 11.5. The largest absolute Gasteiger partial charge is 0.494 e. The van der Waals surface area contributed by atoms with E-state index in [9.17, 15) is 4.79 Å². The summed E-state index contributed by atoms with van der Waals surface area (Å²) in [7, 11) is 5.63. The van der Waals surface area contributed by atoms with Crippen molar-refractivity contribution in [3.63, 3.8) is 0 Å². The van der Waals surface area contributed by atoms with Crippen molar-refractivity contribution in [1.29, 1.82) is 0 Å². The summed E-state index contributed by atoms with van der Waals surface area (Å²) < 4.78 is 10.5. The number of esters is 1. The molecule has 0 aliphatic heterocycles. The minimum absolute atomic E-state index is 0.190. The number of benzene rings is 1. The van der Waals surface area contributed by atoms with Gasteiger partial charge in [0.05, 0.1) is 23.8 Å². The highest BCUT2D eigenvalue weighted by molar-refractivity contribution is 6.37. The highest BCUT2D eigenvalue weighted by atomic mass is 35.5. The zero-order valence-corrected chi connectivity index (χ0v) is 16.3. The summed E-state index contributed by atoms with van der Waals surface area (Å²) in [4.78, 5) is 14.4. The monoisotopic (exact) mass is 375 g/mol. The van der Waals surface area contributed by atoms with E-state index in [1.165, 1.54) is 26.4 Å². The number of halogens is 2. The highest BCUT2D eigenvalue weighted by Crippen LogP contribution is 2.34. The first kappa shape index (κ1) is 21.1. The Morgan fingerprint density at radius 1 is 1.00 bits per heavy atom. The van der Waals surface area contributed by atoms with Gasteiger partial charge in [-0.05, 0) is 45.6 Å². The second-order valence-electron chi connectivity index (χ2n) is 6.00. The molecule has 6 heteroatoms. The van der Waals surface area contributed by atoms with Crippen LogP contribution < -0.4 is 4.74 Å². The van der Waals surface area contributed by atoms with Crippen molar-refractivity contribution in [3.8, 4) is 5.75 Å². The predicted molar refractivity (Wildman–Crippen MR) is 99.6 cm³/mol. The summed E-state index contributed by atoms with van der Waals surface area (Å²) >= 11 is 12.1. The molecular weight excluding hydrogens is 349 g/mol. The van der Waals surface area contributed by atoms with E-state index < -0.39 is 5.97 Å². The smallest absolute Gasteiger partial charge is 0.343 e. The average molecular weight is 376 g/mol. The number of unbranched alkanes of at least 4 members (excludes halogenated alkanes) is 5. The second kappa shape index (κ2) is 11.6. The van der Waals surface area contributed by atoms with Crippen LogP contribution in [-0.4, -0.2) is 45.2 Å². The van der Waals surface area contributed by atoms with Crippen molar-refractivity contribution >= 4 is 29.2 Å². The van der Waals surface area contributed by atoms with Crippen LogP contribution in [0, 0.1) is 0 Å². The molecule has 0 atom stereocenters. The van der Waals surface area contributed by atoms with Crippen LogP contribution >= 0.6 is 23.2 Å². The van der Waals surface area contributed by atoms with Crippen LogP contribution in [0.5, 0.6) is 5.75 Å². The SMILES string of the molecule is COc1c(Cl)ccc(Cl)c1C(=O)OCCCCCCCCN(C)C. The Labute approximate surface area is 155 Å². The summed E-state index contributed by atoms with van der Waals surface area (Å²) in [6, 6.07) is 3.16. The van der Waals surface area contributed by atoms with Crippen molar-refractivity contribution in [2.24, 2.45) is 0 Å². The van der Waals surface area contributed by atoms with E-state index >= 15 is 0 Å². The average Bonchev–Trinajstić information content (AvgIpc) is 2.54. The molecule has 0 saturated heterocycles. The second-order valence-corrected chi connectivity index (χ2v) is 6.81. The summed E-state index contributed by atoms with van der Waals surface area (Å²) in [6.07, 6.45) is 6.75. The van der Waals surface area contributed by atoms with Gasteiger partial charge in [0, 0.05) is 0 Å². The molecule has 0 saturated carbocycles. The summed E-state index contributed by atoms with van der Waals surface area (Å²) in [5.41, 5.74) is 0.190. The fourth-order valence-electron chi connectivity index (χ4n) is 2.40. The molecule has 0 aliphatic rings. The van der Waals surface area contributed by atoms with Gasteiger partial charge in [0.1, 0.15) is 5.56 Å². The number of ether oxygens (including phenoxy) is 2. The maximum Gasteiger partial charge on any atom is 0.343 e. The fraction of sp³-hybridized carbons (Fsp3) is 0.611. The molecule has 0 unspecified atom stereocenters. The van der Waals surface area contributed by atoms with Crippen LogP contribution in [0.1, 0.15) is 48.9 Å². The van der Waals surface area contributed by atoms with Crippen molar-refractivity contribution in [2.75, 3.05) is 34.4 Å². The Balaban J connectivity index is 2.27. The van der Waals surface area contributed by atoms with Gasteiger partial charge >= 0.3 is 5.97 Å². The third-order valence-corrected chi connectivity index (χ3v) is 4.31. The topological polar surface area (TPSA) is 38.8 Å². The molecule has 1 rings (SSSR count). The van der Waals surface area contributed by atoms with Crippen molar-refractivity contribution in [1.82, 2.24) is 4.90 Å². The van der Waals surface area contributed by atoms with Crippen LogP contribution in [0.25, 0.3) is 0 Å². The van der Waals surface area contributed by atoms with Crippen LogP contribution in [0.15, 0.2) is 12.1 Å². The number of hydrogen-bond donors (Lipinski definition) is 0. The van der Waals surface area contributed by atoms with Gasteiger partial charge in [0.25, 0.3) is 0 Å². The Kier molecular flexibility index (Phi) is 10.2. The number of carbonyl (C=O) groups is 1. The normalized spacial score (nSPS) is 10.9. The molecule has 0 N–H and O–H groups in total. The predicted octanol–water partition coefficient (Wildman–Crippen LogP) is 5.06. The van der Waals surface area contributed by atoms with E-state index in [-0.39, 0.29) is 16.3 Å². The van der Waals surface area contributed by atoms with E-state index in [2.05, 4.69) is 19.0 Å². The van der Waals surface area contributed by atoms with Gasteiger partial charge < -0.3 is 14.4 Å². The van der Waals surface area contributed by atoms with Gasteiger partial charge in [-0.2, -0.15) is 0 Å². The highest BCUT2D eigenvalue weighted by Gasteiger charge is 2.20. The molecule has 1 aromatic rings. The van der Waals surface area contributed by atoms with Gasteiger partial charge in [-0.15, -0.1) is 0 Å². The molecule has 0 bridgehead atoms. The van der Waals surface area contributed by atoms with E-state index in [4.69, 9.17) is 32.7 Å². The third-order valence-electron chi connectivity index (χ3n) is 3.70. The summed E-state index contributed by atoms with van der Waals surface area (Å²) in [5, 5.41) is 0.619. The Bertz CT molecular complexity index is 521. The number of methoxy groups -OCH3 is 1. The standard InChI is InChI=1S/C18H27Cl2NO3/c1-21(2)12-8-6-4-5-7-9-13-24-18(22)16-14(19)10-11-15(20)17(16)23-3/h10-11H,4-9,12-13H2,1-3H3. The lowest BCUT2D eigenvalue weighted by molar-refractivity contribution is 0.0494. The minimum atomic E-state index is -0.495. The minimum Gasteiger partial charge on any atom is -0.494 e. The zero-order valence-electron chi connectivity index (χ0n) is 14.7. The van der Waals surface area contributed by atoms with Crippen molar-refractivity contribution in [3.05, 3.63) is 27.7 Å². The van der Waals surface area contributed by atoms with Crippen LogP contribution in [-0.2, 0) is 4.74 Å². The maximum absolute atomic E-state index is 12.2. The number of nitrogens with zero attached hydrogens (tertiary/aromatic N) is 1. The van der Waals surface area contributed by atoms with Crippen LogP contribution in [0.3, 0.4) is 0 Å². The zero-order chi connectivity index (χ0) is 17.9. The molecular formula is C18H27Cl2NO3. The number of carbonyl (C=O) groups excluding carboxylic acids is 1. The molecule has 0 spiro atoms. The van der Waals surface area contributed by atoms with Gasteiger partial charge in [-0.1, -0.05) is 48.9 Å². The molecule has 0 heterocycles. The third kappa shape index (κ3) is 7.29.